The minimum absolute atomic E-state index is 0.0335. The molecule has 7 heteroatoms. The molecule has 0 spiro atoms. The van der Waals surface area contributed by atoms with E-state index >= 15 is 0 Å². The van der Waals surface area contributed by atoms with Crippen molar-refractivity contribution in [1.82, 2.24) is 15.2 Å². The molecule has 7 nitrogen and oxygen atoms in total. The molecule has 1 aliphatic rings. The first-order chi connectivity index (χ1) is 14.5. The predicted molar refractivity (Wildman–Crippen MR) is 115 cm³/mol. The number of nitrogens with zero attached hydrogens (tertiary/aromatic N) is 1. The maximum Gasteiger partial charge on any atom is 0.257 e. The fourth-order valence-electron chi connectivity index (χ4n) is 3.74. The summed E-state index contributed by atoms with van der Waals surface area (Å²) < 4.78 is 7.25. The second kappa shape index (κ2) is 10.1. The van der Waals surface area contributed by atoms with Crippen molar-refractivity contribution < 1.29 is 14.0 Å². The van der Waals surface area contributed by atoms with Crippen LogP contribution in [0, 0.1) is 6.92 Å². The predicted octanol–water partition coefficient (Wildman–Crippen LogP) is 3.17. The molecular weight excluding hydrogens is 382 g/mol. The van der Waals surface area contributed by atoms with Crippen LogP contribution in [0.5, 0.6) is 0 Å². The lowest BCUT2D eigenvalue weighted by Gasteiger charge is -2.17. The molecule has 1 saturated carbocycles. The quantitative estimate of drug-likeness (QED) is 0.541. The number of aryl methyl sites for hydroxylation is 1. The van der Waals surface area contributed by atoms with Gasteiger partial charge in [-0.1, -0.05) is 31.8 Å². The molecule has 30 heavy (non-hydrogen) atoms. The van der Waals surface area contributed by atoms with Crippen LogP contribution in [-0.4, -0.2) is 29.0 Å². The van der Waals surface area contributed by atoms with E-state index in [1.807, 2.05) is 19.1 Å². The van der Waals surface area contributed by atoms with Gasteiger partial charge in [0, 0.05) is 25.0 Å². The van der Waals surface area contributed by atoms with Crippen molar-refractivity contribution in [3.63, 3.8) is 0 Å². The van der Waals surface area contributed by atoms with Crippen LogP contribution in [-0.2, 0) is 6.54 Å². The van der Waals surface area contributed by atoms with Crippen LogP contribution in [0.3, 0.4) is 0 Å². The first kappa shape index (κ1) is 21.6. The van der Waals surface area contributed by atoms with E-state index in [2.05, 4.69) is 17.2 Å². The largest absolute Gasteiger partial charge is 0.464 e. The molecule has 0 aromatic carbocycles. The lowest BCUT2D eigenvalue weighted by molar-refractivity contribution is 0.0931. The number of hydrogen-bond acceptors (Lipinski definition) is 4. The highest BCUT2D eigenvalue weighted by molar-refractivity contribution is 5.99. The van der Waals surface area contributed by atoms with Crippen LogP contribution in [0.25, 0.3) is 0 Å². The van der Waals surface area contributed by atoms with Crippen molar-refractivity contribution in [2.75, 3.05) is 6.54 Å². The van der Waals surface area contributed by atoms with Gasteiger partial charge >= 0.3 is 0 Å². The number of nitrogens with one attached hydrogen (secondary N) is 2. The molecule has 0 aliphatic heterocycles. The number of aromatic nitrogens is 1. The van der Waals surface area contributed by atoms with Gasteiger partial charge in [0.25, 0.3) is 11.8 Å². The number of carbonyl (C=O) groups excluding carboxylic acids is 2. The van der Waals surface area contributed by atoms with Gasteiger partial charge in [-0.2, -0.15) is 0 Å². The average Bonchev–Trinajstić information content (AvgIpc) is 2.96. The molecule has 0 atom stereocenters. The molecule has 0 radical (unpaired) electrons. The van der Waals surface area contributed by atoms with Crippen molar-refractivity contribution in [3.8, 4) is 0 Å². The molecule has 2 aromatic heterocycles. The second-order valence-corrected chi connectivity index (χ2v) is 7.76. The monoisotopic (exact) mass is 411 g/mol. The van der Waals surface area contributed by atoms with E-state index in [9.17, 15) is 14.4 Å². The lowest BCUT2D eigenvalue weighted by atomic mass is 10.1. The zero-order chi connectivity index (χ0) is 21.5. The van der Waals surface area contributed by atoms with Gasteiger partial charge in [0.2, 0.25) is 5.43 Å². The van der Waals surface area contributed by atoms with Crippen LogP contribution in [0.1, 0.15) is 70.8 Å². The first-order valence-corrected chi connectivity index (χ1v) is 10.5. The average molecular weight is 412 g/mol. The van der Waals surface area contributed by atoms with Gasteiger partial charge in [-0.05, 0) is 31.9 Å². The second-order valence-electron chi connectivity index (χ2n) is 7.76. The summed E-state index contributed by atoms with van der Waals surface area (Å²) in [5.41, 5.74) is -0.683. The summed E-state index contributed by atoms with van der Waals surface area (Å²) in [4.78, 5) is 38.4. The maximum atomic E-state index is 12.9. The van der Waals surface area contributed by atoms with E-state index in [1.54, 1.807) is 4.57 Å². The Hall–Kier alpha value is -3.09. The first-order valence-electron chi connectivity index (χ1n) is 10.5. The number of amides is 2. The minimum Gasteiger partial charge on any atom is -0.464 e. The molecule has 0 bridgehead atoms. The van der Waals surface area contributed by atoms with Crippen molar-refractivity contribution in [1.29, 1.82) is 0 Å². The third kappa shape index (κ3) is 5.49. The Labute approximate surface area is 176 Å². The smallest absolute Gasteiger partial charge is 0.257 e. The Morgan fingerprint density at radius 3 is 2.40 bits per heavy atom. The Balaban J connectivity index is 1.91. The van der Waals surface area contributed by atoms with Gasteiger partial charge in [-0.15, -0.1) is 6.58 Å². The minimum atomic E-state index is -0.574. The van der Waals surface area contributed by atoms with Crippen LogP contribution in [0.4, 0.5) is 0 Å². The zero-order valence-corrected chi connectivity index (χ0v) is 17.4. The van der Waals surface area contributed by atoms with Gasteiger partial charge in [0.15, 0.2) is 0 Å². The Bertz CT molecular complexity index is 965. The van der Waals surface area contributed by atoms with E-state index in [0.717, 1.165) is 31.4 Å². The summed E-state index contributed by atoms with van der Waals surface area (Å²) in [6.07, 6.45) is 10.8. The summed E-state index contributed by atoms with van der Waals surface area (Å²) in [5, 5.41) is 5.61. The van der Waals surface area contributed by atoms with Crippen LogP contribution >= 0.6 is 0 Å². The van der Waals surface area contributed by atoms with Crippen molar-refractivity contribution in [2.24, 2.45) is 0 Å². The molecule has 1 fully saturated rings. The topological polar surface area (TPSA) is 93.3 Å². The number of hydrogen-bond donors (Lipinski definition) is 2. The number of carbonyl (C=O) groups is 2. The SMILES string of the molecule is C=CCNC(=O)c1cn(Cc2ccc(C)o2)cc(C(=O)NC2CCCCCC2)c1=O. The molecule has 2 amide bonds. The number of pyridine rings is 1. The van der Waals surface area contributed by atoms with E-state index in [1.165, 1.54) is 31.3 Å². The third-order valence-electron chi connectivity index (χ3n) is 5.30. The third-order valence-corrected chi connectivity index (χ3v) is 5.30. The van der Waals surface area contributed by atoms with Crippen LogP contribution in [0.2, 0.25) is 0 Å². The van der Waals surface area contributed by atoms with Crippen LogP contribution < -0.4 is 16.1 Å². The van der Waals surface area contributed by atoms with E-state index in [0.29, 0.717) is 12.3 Å². The van der Waals surface area contributed by atoms with Crippen molar-refractivity contribution >= 4 is 11.8 Å². The van der Waals surface area contributed by atoms with Gasteiger partial charge in [-0.3, -0.25) is 14.4 Å². The summed E-state index contributed by atoms with van der Waals surface area (Å²) in [6.45, 7) is 5.95. The molecule has 2 aromatic rings. The van der Waals surface area contributed by atoms with E-state index < -0.39 is 17.2 Å². The Morgan fingerprint density at radius 2 is 1.80 bits per heavy atom. The molecule has 3 rings (SSSR count). The fourth-order valence-corrected chi connectivity index (χ4v) is 3.74. The summed E-state index contributed by atoms with van der Waals surface area (Å²) in [6, 6.07) is 3.73. The summed E-state index contributed by atoms with van der Waals surface area (Å²) in [7, 11) is 0. The highest BCUT2D eigenvalue weighted by Crippen LogP contribution is 2.17. The summed E-state index contributed by atoms with van der Waals surface area (Å²) >= 11 is 0. The number of furan rings is 1. The molecule has 160 valence electrons. The maximum absolute atomic E-state index is 12.9. The molecule has 2 N–H and O–H groups in total. The van der Waals surface area contributed by atoms with Gasteiger partial charge < -0.3 is 19.6 Å². The normalized spacial score (nSPS) is 14.7. The molecule has 1 aliphatic carbocycles. The fraction of sp³-hybridized carbons (Fsp3) is 0.435. The Morgan fingerprint density at radius 1 is 1.13 bits per heavy atom. The van der Waals surface area contributed by atoms with Crippen molar-refractivity contribution in [2.45, 2.75) is 58.0 Å². The van der Waals surface area contributed by atoms with Gasteiger partial charge in [-0.25, -0.2) is 0 Å². The van der Waals surface area contributed by atoms with Crippen LogP contribution in [0.15, 0.2) is 46.4 Å². The van der Waals surface area contributed by atoms with Gasteiger partial charge in [0.1, 0.15) is 22.6 Å². The molecule has 0 unspecified atom stereocenters. The van der Waals surface area contributed by atoms with E-state index in [-0.39, 0.29) is 23.7 Å². The Kier molecular flexibility index (Phi) is 7.27. The van der Waals surface area contributed by atoms with E-state index in [4.69, 9.17) is 4.42 Å². The highest BCUT2D eigenvalue weighted by atomic mass is 16.3. The molecule has 2 heterocycles. The lowest BCUT2D eigenvalue weighted by Crippen LogP contribution is -2.39. The van der Waals surface area contributed by atoms with Crippen molar-refractivity contribution in [3.05, 3.63) is 70.1 Å². The summed E-state index contributed by atoms with van der Waals surface area (Å²) in [5.74, 6) is 0.466. The van der Waals surface area contributed by atoms with Gasteiger partial charge in [0.05, 0.1) is 6.54 Å². The standard InChI is InChI=1S/C23H29N3O4/c1-3-12-24-22(28)19-14-26(13-18-11-10-16(2)30-18)15-20(21(19)27)23(29)25-17-8-6-4-5-7-9-17/h3,10-11,14-15,17H,1,4-9,12-13H2,2H3,(H,24,28)(H,25,29). The zero-order valence-electron chi connectivity index (χ0n) is 17.4. The molecular formula is C23H29N3O4. The number of rotatable bonds is 7. The molecule has 0 saturated heterocycles. The highest BCUT2D eigenvalue weighted by Gasteiger charge is 2.22.